The maximum absolute atomic E-state index is 12.8. The van der Waals surface area contributed by atoms with Crippen molar-refractivity contribution in [3.05, 3.63) is 182 Å². The molecule has 0 N–H and O–H groups in total. The van der Waals surface area contributed by atoms with Gasteiger partial charge in [0.2, 0.25) is 0 Å². The van der Waals surface area contributed by atoms with E-state index in [1.165, 1.54) is 44.9 Å². The summed E-state index contributed by atoms with van der Waals surface area (Å²) in [7, 11) is 0. The van der Waals surface area contributed by atoms with Gasteiger partial charge in [0.25, 0.3) is 0 Å². The molecular weight excluding hydrogens is 973 g/mol. The highest BCUT2D eigenvalue weighted by Crippen LogP contribution is 2.14. The molecule has 1 atom stereocenters. The van der Waals surface area contributed by atoms with Gasteiger partial charge in [0, 0.05) is 19.3 Å². The van der Waals surface area contributed by atoms with Crippen LogP contribution in [0.5, 0.6) is 0 Å². The highest BCUT2D eigenvalue weighted by molar-refractivity contribution is 5.71. The molecular formula is C73H112O6. The van der Waals surface area contributed by atoms with E-state index < -0.39 is 12.1 Å². The molecule has 0 saturated heterocycles. The lowest BCUT2D eigenvalue weighted by atomic mass is 10.1. The van der Waals surface area contributed by atoms with E-state index in [1.54, 1.807) is 0 Å². The lowest BCUT2D eigenvalue weighted by Gasteiger charge is -2.18. The molecule has 0 aromatic rings. The number of ether oxygens (including phenoxy) is 3. The van der Waals surface area contributed by atoms with Crippen molar-refractivity contribution in [1.29, 1.82) is 0 Å². The maximum atomic E-state index is 12.8. The van der Waals surface area contributed by atoms with Crippen LogP contribution >= 0.6 is 0 Å². The van der Waals surface area contributed by atoms with E-state index in [0.29, 0.717) is 19.3 Å². The molecule has 0 aliphatic heterocycles. The Morgan fingerprint density at radius 1 is 0.253 bits per heavy atom. The molecule has 6 nitrogen and oxygen atoms in total. The van der Waals surface area contributed by atoms with Gasteiger partial charge >= 0.3 is 17.9 Å². The zero-order chi connectivity index (χ0) is 57.1. The Labute approximate surface area is 484 Å². The minimum Gasteiger partial charge on any atom is -0.462 e. The normalized spacial score (nSPS) is 13.4. The highest BCUT2D eigenvalue weighted by atomic mass is 16.6. The molecule has 0 radical (unpaired) electrons. The molecule has 0 saturated carbocycles. The average Bonchev–Trinajstić information content (AvgIpc) is 3.45. The number of hydrogen-bond donors (Lipinski definition) is 0. The third-order valence-electron chi connectivity index (χ3n) is 12.4. The largest absolute Gasteiger partial charge is 0.462 e. The zero-order valence-electron chi connectivity index (χ0n) is 50.3. The summed E-state index contributed by atoms with van der Waals surface area (Å²) in [5.74, 6) is -1.05. The molecule has 0 aromatic heterocycles. The van der Waals surface area contributed by atoms with Crippen molar-refractivity contribution in [3.8, 4) is 0 Å². The van der Waals surface area contributed by atoms with E-state index >= 15 is 0 Å². The fourth-order valence-corrected chi connectivity index (χ4v) is 7.84. The maximum Gasteiger partial charge on any atom is 0.306 e. The van der Waals surface area contributed by atoms with Gasteiger partial charge in [0.15, 0.2) is 6.10 Å². The van der Waals surface area contributed by atoms with E-state index in [0.717, 1.165) is 148 Å². The van der Waals surface area contributed by atoms with E-state index in [1.807, 2.05) is 12.2 Å². The van der Waals surface area contributed by atoms with Gasteiger partial charge in [-0.05, 0) is 141 Å². The summed E-state index contributed by atoms with van der Waals surface area (Å²) < 4.78 is 16.7. The van der Waals surface area contributed by atoms with Gasteiger partial charge in [-0.3, -0.25) is 14.4 Å². The van der Waals surface area contributed by atoms with Crippen LogP contribution in [-0.2, 0) is 28.6 Å². The first-order chi connectivity index (χ1) is 39.0. The molecule has 0 amide bonds. The molecule has 0 aliphatic carbocycles. The van der Waals surface area contributed by atoms with Crippen molar-refractivity contribution in [2.75, 3.05) is 13.2 Å². The topological polar surface area (TPSA) is 78.9 Å². The van der Waals surface area contributed by atoms with Crippen molar-refractivity contribution < 1.29 is 28.6 Å². The third kappa shape index (κ3) is 63.2. The third-order valence-corrected chi connectivity index (χ3v) is 12.4. The molecule has 0 heterocycles. The van der Waals surface area contributed by atoms with Crippen molar-refractivity contribution in [2.24, 2.45) is 0 Å². The van der Waals surface area contributed by atoms with E-state index in [4.69, 9.17) is 14.2 Å². The summed E-state index contributed by atoms with van der Waals surface area (Å²) >= 11 is 0. The molecule has 79 heavy (non-hydrogen) atoms. The number of allylic oxidation sites excluding steroid dienone is 30. The first-order valence-corrected chi connectivity index (χ1v) is 31.3. The van der Waals surface area contributed by atoms with Crippen molar-refractivity contribution in [1.82, 2.24) is 0 Å². The van der Waals surface area contributed by atoms with Gasteiger partial charge in [-0.2, -0.15) is 0 Å². The first-order valence-electron chi connectivity index (χ1n) is 31.3. The van der Waals surface area contributed by atoms with E-state index in [2.05, 4.69) is 191 Å². The van der Waals surface area contributed by atoms with Crippen molar-refractivity contribution >= 4 is 17.9 Å². The van der Waals surface area contributed by atoms with Crippen LogP contribution in [-0.4, -0.2) is 37.2 Å². The lowest BCUT2D eigenvalue weighted by Crippen LogP contribution is -2.30. The minimum absolute atomic E-state index is 0.126. The van der Waals surface area contributed by atoms with Gasteiger partial charge in [-0.15, -0.1) is 0 Å². The molecule has 0 rings (SSSR count). The Kier molecular flexibility index (Phi) is 60.5. The average molecular weight is 1090 g/mol. The first kappa shape index (κ1) is 73.5. The van der Waals surface area contributed by atoms with Crippen LogP contribution in [0.1, 0.15) is 239 Å². The summed E-state index contributed by atoms with van der Waals surface area (Å²) in [6.45, 7) is 6.18. The lowest BCUT2D eigenvalue weighted by molar-refractivity contribution is -0.166. The summed E-state index contributed by atoms with van der Waals surface area (Å²) in [6, 6.07) is 0. The Morgan fingerprint density at radius 2 is 0.481 bits per heavy atom. The summed E-state index contributed by atoms with van der Waals surface area (Å²) in [6.07, 6.45) is 97.9. The van der Waals surface area contributed by atoms with Crippen LogP contribution in [0.3, 0.4) is 0 Å². The smallest absolute Gasteiger partial charge is 0.306 e. The van der Waals surface area contributed by atoms with Crippen LogP contribution in [0.25, 0.3) is 0 Å². The van der Waals surface area contributed by atoms with E-state index in [9.17, 15) is 14.4 Å². The number of esters is 3. The zero-order valence-corrected chi connectivity index (χ0v) is 50.3. The van der Waals surface area contributed by atoms with Crippen LogP contribution in [0, 0.1) is 0 Å². The number of rotatable bonds is 54. The molecule has 1 unspecified atom stereocenters. The Hall–Kier alpha value is -5.49. The molecule has 0 spiro atoms. The Balaban J connectivity index is 4.27. The Morgan fingerprint density at radius 3 is 0.772 bits per heavy atom. The number of carbonyl (C=O) groups excluding carboxylic acids is 3. The second-order valence-corrected chi connectivity index (χ2v) is 19.8. The molecule has 0 bridgehead atoms. The van der Waals surface area contributed by atoms with Gasteiger partial charge in [0.05, 0.1) is 0 Å². The Bertz CT molecular complexity index is 1870. The summed E-state index contributed by atoms with van der Waals surface area (Å²) in [4.78, 5) is 38.1. The molecule has 440 valence electrons. The second-order valence-electron chi connectivity index (χ2n) is 19.8. The summed E-state index contributed by atoms with van der Waals surface area (Å²) in [5.41, 5.74) is 0. The number of unbranched alkanes of at least 4 members (excludes halogenated alkanes) is 13. The number of hydrogen-bond acceptors (Lipinski definition) is 6. The van der Waals surface area contributed by atoms with Crippen LogP contribution in [0.2, 0.25) is 0 Å². The highest BCUT2D eigenvalue weighted by Gasteiger charge is 2.19. The number of carbonyl (C=O) groups is 3. The molecule has 0 fully saturated rings. The minimum atomic E-state index is -0.839. The molecule has 0 aromatic carbocycles. The van der Waals surface area contributed by atoms with Gasteiger partial charge in [-0.1, -0.05) is 261 Å². The summed E-state index contributed by atoms with van der Waals surface area (Å²) in [5, 5.41) is 0. The van der Waals surface area contributed by atoms with Gasteiger partial charge < -0.3 is 14.2 Å². The van der Waals surface area contributed by atoms with Gasteiger partial charge in [0.1, 0.15) is 13.2 Å². The van der Waals surface area contributed by atoms with Gasteiger partial charge in [-0.25, -0.2) is 0 Å². The van der Waals surface area contributed by atoms with Crippen LogP contribution in [0.4, 0.5) is 0 Å². The molecule has 6 heteroatoms. The van der Waals surface area contributed by atoms with Crippen molar-refractivity contribution in [2.45, 2.75) is 245 Å². The molecule has 0 aliphatic rings. The predicted octanol–water partition coefficient (Wildman–Crippen LogP) is 21.7. The fraction of sp³-hybridized carbons (Fsp3) is 0.548. The monoisotopic (exact) mass is 1080 g/mol. The van der Waals surface area contributed by atoms with E-state index in [-0.39, 0.29) is 31.6 Å². The van der Waals surface area contributed by atoms with Crippen molar-refractivity contribution in [3.63, 3.8) is 0 Å². The quantitative estimate of drug-likeness (QED) is 0.0261. The second kappa shape index (κ2) is 65.0. The van der Waals surface area contributed by atoms with Crippen LogP contribution in [0.15, 0.2) is 182 Å². The predicted molar refractivity (Wildman–Crippen MR) is 343 cm³/mol. The van der Waals surface area contributed by atoms with Crippen LogP contribution < -0.4 is 0 Å². The standard InChI is InChI=1S/C73H112O6/c1-4-7-10-13-16-19-22-25-26-27-28-29-30-31-32-33-34-35-36-37-38-39-40-41-42-43-44-45-46-49-51-54-57-60-63-66-72(75)78-69-70(79-73(76)67-64-61-58-55-52-48-24-21-18-15-12-9-6-3)68-77-71(74)65-62-59-56-53-50-47-23-20-17-14-11-8-5-2/h7-12,16-21,25-26,28-29,31-32,34-35,37-38,40-41,47-48,50,52,58,61,70H,4-6,13-15,22-24,27,30,33,36,39,42-46,49,51,53-57,59-60,62-69H2,1-3H3/b10-7-,11-8-,12-9-,19-16-,20-17-,21-18-,26-25-,29-28-,32-31-,35-34-,38-37-,41-40-,50-47-,52-48-,61-58-. The fourth-order valence-electron chi connectivity index (χ4n) is 7.84. The SMILES string of the molecule is CC/C=C\C/C=C\C/C=C\C/C=C\C/C=C\C/C=C\C/C=C\C/C=C\CCCCCCCCCCCCC(=O)OCC(COC(=O)CCCCC/C=C\C/C=C\C/C=C\CC)OC(=O)CC/C=C\C/C=C\C/C=C\C/C=C\CC.